The third-order valence-corrected chi connectivity index (χ3v) is 4.55. The number of halogens is 1. The Morgan fingerprint density at radius 3 is 2.86 bits per heavy atom. The molecule has 6 heteroatoms. The summed E-state index contributed by atoms with van der Waals surface area (Å²) in [5, 5.41) is 14.4. The second-order valence-electron chi connectivity index (χ2n) is 5.64. The molecule has 1 aliphatic carbocycles. The molecule has 2 N–H and O–H groups in total. The number of hydrogen-bond acceptors (Lipinski definition) is 5. The third-order valence-electron chi connectivity index (χ3n) is 4.06. The first-order valence-corrected chi connectivity index (χ1v) is 7.95. The van der Waals surface area contributed by atoms with E-state index in [0.717, 1.165) is 34.8 Å². The van der Waals surface area contributed by atoms with Crippen molar-refractivity contribution in [1.29, 1.82) is 0 Å². The lowest BCUT2D eigenvalue weighted by Crippen LogP contribution is -2.43. The number of esters is 1. The van der Waals surface area contributed by atoms with Crippen LogP contribution in [0.4, 0.5) is 5.69 Å². The second kappa shape index (κ2) is 5.85. The van der Waals surface area contributed by atoms with Crippen molar-refractivity contribution in [3.05, 3.63) is 34.4 Å². The number of benzene rings is 1. The predicted octanol–water partition coefficient (Wildman–Crippen LogP) is 3.11. The minimum atomic E-state index is -0.646. The van der Waals surface area contributed by atoms with E-state index in [2.05, 4.69) is 26.2 Å². The molecule has 0 amide bonds. The third kappa shape index (κ3) is 2.94. The van der Waals surface area contributed by atoms with Crippen LogP contribution in [0.15, 0.2) is 28.7 Å². The zero-order chi connectivity index (χ0) is 15.7. The minimum absolute atomic E-state index is 0.250. The molecule has 0 bridgehead atoms. The molecule has 0 saturated heterocycles. The van der Waals surface area contributed by atoms with Gasteiger partial charge in [0.2, 0.25) is 0 Å². The van der Waals surface area contributed by atoms with E-state index >= 15 is 0 Å². The zero-order valence-electron chi connectivity index (χ0n) is 12.2. The van der Waals surface area contributed by atoms with Gasteiger partial charge in [0, 0.05) is 22.1 Å². The van der Waals surface area contributed by atoms with Gasteiger partial charge in [0.25, 0.3) is 0 Å². The standard InChI is InChI=1S/C16H17BrN2O3/c1-22-15(20)14-8-13(18-9-16(21)5-2-6-16)11-7-10(17)3-4-12(11)19-14/h3-4,7-8,21H,2,5-6,9H2,1H3,(H,18,19). The van der Waals surface area contributed by atoms with Crippen LogP contribution in [-0.2, 0) is 4.74 Å². The number of carbonyl (C=O) groups is 1. The summed E-state index contributed by atoms with van der Waals surface area (Å²) in [6, 6.07) is 7.33. The predicted molar refractivity (Wildman–Crippen MR) is 88.1 cm³/mol. The van der Waals surface area contributed by atoms with Gasteiger partial charge in [-0.25, -0.2) is 9.78 Å². The Bertz CT molecular complexity index is 729. The van der Waals surface area contributed by atoms with Crippen LogP contribution in [0.5, 0.6) is 0 Å². The number of anilines is 1. The highest BCUT2D eigenvalue weighted by molar-refractivity contribution is 9.10. The highest BCUT2D eigenvalue weighted by Gasteiger charge is 2.34. The molecule has 5 nitrogen and oxygen atoms in total. The van der Waals surface area contributed by atoms with Crippen LogP contribution in [0, 0.1) is 0 Å². The molecule has 1 fully saturated rings. The van der Waals surface area contributed by atoms with Crippen molar-refractivity contribution in [3.63, 3.8) is 0 Å². The van der Waals surface area contributed by atoms with E-state index < -0.39 is 11.6 Å². The molecule has 0 radical (unpaired) electrons. The van der Waals surface area contributed by atoms with Crippen LogP contribution < -0.4 is 5.32 Å². The van der Waals surface area contributed by atoms with Gasteiger partial charge in [-0.15, -0.1) is 0 Å². The Hall–Kier alpha value is -1.66. The monoisotopic (exact) mass is 364 g/mol. The number of carbonyl (C=O) groups excluding carboxylic acids is 1. The smallest absolute Gasteiger partial charge is 0.356 e. The van der Waals surface area contributed by atoms with Crippen molar-refractivity contribution in [2.75, 3.05) is 19.0 Å². The topological polar surface area (TPSA) is 71.5 Å². The first-order chi connectivity index (χ1) is 10.5. The van der Waals surface area contributed by atoms with Crippen LogP contribution in [-0.4, -0.2) is 35.3 Å². The highest BCUT2D eigenvalue weighted by Crippen LogP contribution is 2.33. The molecule has 116 valence electrons. The Labute approximate surface area is 136 Å². The van der Waals surface area contributed by atoms with E-state index in [1.165, 1.54) is 7.11 Å². The maximum Gasteiger partial charge on any atom is 0.356 e. The molecule has 0 aliphatic heterocycles. The average molecular weight is 365 g/mol. The van der Waals surface area contributed by atoms with Gasteiger partial charge in [-0.2, -0.15) is 0 Å². The van der Waals surface area contributed by atoms with Gasteiger partial charge in [0.15, 0.2) is 5.69 Å². The number of aromatic nitrogens is 1. The van der Waals surface area contributed by atoms with E-state index in [1.54, 1.807) is 6.07 Å². The summed E-state index contributed by atoms with van der Waals surface area (Å²) < 4.78 is 5.68. The number of hydrogen-bond donors (Lipinski definition) is 2. The van der Waals surface area contributed by atoms with Crippen LogP contribution in [0.25, 0.3) is 10.9 Å². The lowest BCUT2D eigenvalue weighted by molar-refractivity contribution is -0.0201. The molecule has 0 spiro atoms. The Morgan fingerprint density at radius 2 is 2.23 bits per heavy atom. The summed E-state index contributed by atoms with van der Waals surface area (Å²) in [6.45, 7) is 0.458. The van der Waals surface area contributed by atoms with Crippen molar-refractivity contribution in [2.45, 2.75) is 24.9 Å². The molecule has 1 aromatic heterocycles. The van der Waals surface area contributed by atoms with Crippen LogP contribution in [0.2, 0.25) is 0 Å². The fourth-order valence-electron chi connectivity index (χ4n) is 2.57. The second-order valence-corrected chi connectivity index (χ2v) is 6.56. The molecular formula is C16H17BrN2O3. The molecule has 1 heterocycles. The Kier molecular flexibility index (Phi) is 4.06. The summed E-state index contributed by atoms with van der Waals surface area (Å²) in [7, 11) is 1.33. The van der Waals surface area contributed by atoms with Crippen molar-refractivity contribution >= 4 is 38.5 Å². The van der Waals surface area contributed by atoms with Crippen molar-refractivity contribution < 1.29 is 14.6 Å². The largest absolute Gasteiger partial charge is 0.464 e. The van der Waals surface area contributed by atoms with Gasteiger partial charge in [-0.3, -0.25) is 0 Å². The SMILES string of the molecule is COC(=O)c1cc(NCC2(O)CCC2)c2cc(Br)ccc2n1. The summed E-state index contributed by atoms with van der Waals surface area (Å²) in [4.78, 5) is 16.1. The average Bonchev–Trinajstić information content (AvgIpc) is 2.49. The van der Waals surface area contributed by atoms with E-state index in [9.17, 15) is 9.90 Å². The number of rotatable bonds is 4. The van der Waals surface area contributed by atoms with E-state index in [0.29, 0.717) is 12.1 Å². The van der Waals surface area contributed by atoms with Gasteiger partial charge >= 0.3 is 5.97 Å². The fourth-order valence-corrected chi connectivity index (χ4v) is 2.94. The van der Waals surface area contributed by atoms with Crippen LogP contribution in [0.3, 0.4) is 0 Å². The highest BCUT2D eigenvalue weighted by atomic mass is 79.9. The van der Waals surface area contributed by atoms with Crippen LogP contribution in [0.1, 0.15) is 29.8 Å². The molecule has 0 unspecified atom stereocenters. The van der Waals surface area contributed by atoms with Gasteiger partial charge in [-0.1, -0.05) is 15.9 Å². The summed E-state index contributed by atoms with van der Waals surface area (Å²) in [6.07, 6.45) is 2.65. The lowest BCUT2D eigenvalue weighted by Gasteiger charge is -2.37. The number of nitrogens with zero attached hydrogens (tertiary/aromatic N) is 1. The molecule has 1 aromatic carbocycles. The molecule has 3 rings (SSSR count). The van der Waals surface area contributed by atoms with Crippen molar-refractivity contribution in [2.24, 2.45) is 0 Å². The van der Waals surface area contributed by atoms with Crippen molar-refractivity contribution in [1.82, 2.24) is 4.98 Å². The van der Waals surface area contributed by atoms with Gasteiger partial charge < -0.3 is 15.2 Å². The molecule has 22 heavy (non-hydrogen) atoms. The fraction of sp³-hybridized carbons (Fsp3) is 0.375. The zero-order valence-corrected chi connectivity index (χ0v) is 13.8. The maximum absolute atomic E-state index is 11.8. The normalized spacial score (nSPS) is 16.1. The van der Waals surface area contributed by atoms with E-state index in [4.69, 9.17) is 4.74 Å². The van der Waals surface area contributed by atoms with Crippen molar-refractivity contribution in [3.8, 4) is 0 Å². The minimum Gasteiger partial charge on any atom is -0.464 e. The summed E-state index contributed by atoms with van der Waals surface area (Å²) in [5.74, 6) is -0.477. The molecule has 1 saturated carbocycles. The molecular weight excluding hydrogens is 348 g/mol. The van der Waals surface area contributed by atoms with Gasteiger partial charge in [-0.05, 0) is 43.5 Å². The number of fused-ring (bicyclic) bond motifs is 1. The summed E-state index contributed by atoms with van der Waals surface area (Å²) in [5.41, 5.74) is 1.08. The first kappa shape index (κ1) is 15.2. The van der Waals surface area contributed by atoms with E-state index in [-0.39, 0.29) is 5.69 Å². The molecule has 2 aromatic rings. The number of ether oxygens (including phenoxy) is 1. The first-order valence-electron chi connectivity index (χ1n) is 7.16. The summed E-state index contributed by atoms with van der Waals surface area (Å²) >= 11 is 3.45. The number of methoxy groups -OCH3 is 1. The molecule has 0 atom stereocenters. The number of aliphatic hydroxyl groups is 1. The van der Waals surface area contributed by atoms with Gasteiger partial charge in [0.05, 0.1) is 18.2 Å². The van der Waals surface area contributed by atoms with Crippen LogP contribution >= 0.6 is 15.9 Å². The molecule has 1 aliphatic rings. The Balaban J connectivity index is 2.00. The van der Waals surface area contributed by atoms with E-state index in [1.807, 2.05) is 18.2 Å². The quantitative estimate of drug-likeness (QED) is 0.815. The lowest BCUT2D eigenvalue weighted by atomic mass is 9.80. The Morgan fingerprint density at radius 1 is 1.45 bits per heavy atom. The number of pyridine rings is 1. The number of nitrogens with one attached hydrogen (secondary N) is 1. The maximum atomic E-state index is 11.8. The van der Waals surface area contributed by atoms with Gasteiger partial charge in [0.1, 0.15) is 0 Å².